The summed E-state index contributed by atoms with van der Waals surface area (Å²) in [5.74, 6) is -4.07. The van der Waals surface area contributed by atoms with Crippen molar-refractivity contribution < 1.29 is 17.6 Å². The Hall–Kier alpha value is -2.31. The van der Waals surface area contributed by atoms with Crippen LogP contribution in [0.25, 0.3) is 0 Å². The summed E-state index contributed by atoms with van der Waals surface area (Å²) in [6, 6.07) is 3.35. The summed E-state index contributed by atoms with van der Waals surface area (Å²) >= 11 is 0. The van der Waals surface area contributed by atoms with Crippen molar-refractivity contribution in [3.05, 3.63) is 47.5 Å². The number of anilines is 3. The van der Waals surface area contributed by atoms with Crippen molar-refractivity contribution >= 4 is 17.3 Å². The third kappa shape index (κ3) is 2.75. The van der Waals surface area contributed by atoms with Crippen molar-refractivity contribution in [1.82, 2.24) is 4.98 Å². The third-order valence-electron chi connectivity index (χ3n) is 2.35. The van der Waals surface area contributed by atoms with Crippen LogP contribution in [0, 0.1) is 23.3 Å². The number of halogens is 4. The van der Waals surface area contributed by atoms with E-state index in [4.69, 9.17) is 0 Å². The van der Waals surface area contributed by atoms with E-state index in [2.05, 4.69) is 15.6 Å². The third-order valence-corrected chi connectivity index (χ3v) is 2.35. The molecular weight excluding hydrogens is 262 g/mol. The number of nitrogens with one attached hydrogen (secondary N) is 2. The van der Waals surface area contributed by atoms with Gasteiger partial charge >= 0.3 is 0 Å². The molecule has 0 aliphatic carbocycles. The van der Waals surface area contributed by atoms with E-state index in [1.54, 1.807) is 0 Å². The second kappa shape index (κ2) is 5.13. The highest BCUT2D eigenvalue weighted by Gasteiger charge is 2.13. The summed E-state index contributed by atoms with van der Waals surface area (Å²) in [7, 11) is 1.41. The van der Waals surface area contributed by atoms with Gasteiger partial charge in [0, 0.05) is 19.2 Å². The zero-order chi connectivity index (χ0) is 14.0. The molecule has 100 valence electrons. The lowest BCUT2D eigenvalue weighted by Gasteiger charge is -2.10. The Labute approximate surface area is 106 Å². The molecule has 7 heteroatoms. The summed E-state index contributed by atoms with van der Waals surface area (Å²) in [5, 5.41) is 4.76. The average molecular weight is 271 g/mol. The van der Waals surface area contributed by atoms with Gasteiger partial charge in [-0.25, -0.2) is 22.5 Å². The van der Waals surface area contributed by atoms with Gasteiger partial charge in [-0.3, -0.25) is 0 Å². The predicted octanol–water partition coefficient (Wildman–Crippen LogP) is 3.42. The van der Waals surface area contributed by atoms with Crippen molar-refractivity contribution in [2.45, 2.75) is 0 Å². The van der Waals surface area contributed by atoms with Crippen molar-refractivity contribution in [1.29, 1.82) is 0 Å². The first kappa shape index (κ1) is 13.1. The average Bonchev–Trinajstić information content (AvgIpc) is 2.35. The molecule has 0 atom stereocenters. The summed E-state index contributed by atoms with van der Waals surface area (Å²) in [6.45, 7) is 0. The molecule has 0 saturated carbocycles. The van der Waals surface area contributed by atoms with Crippen molar-refractivity contribution in [2.75, 3.05) is 17.7 Å². The summed E-state index contributed by atoms with van der Waals surface area (Å²) in [5.41, 5.74) is -0.165. The van der Waals surface area contributed by atoms with Crippen molar-refractivity contribution in [2.24, 2.45) is 0 Å². The first-order valence-corrected chi connectivity index (χ1v) is 5.27. The molecule has 2 N–H and O–H groups in total. The topological polar surface area (TPSA) is 37.0 Å². The lowest BCUT2D eigenvalue weighted by molar-refractivity contribution is 0.578. The molecule has 19 heavy (non-hydrogen) atoms. The summed E-state index contributed by atoms with van der Waals surface area (Å²) in [4.78, 5) is 3.62. The molecule has 2 aromatic rings. The molecule has 1 aromatic heterocycles. The smallest absolute Gasteiger partial charge is 0.169 e. The van der Waals surface area contributed by atoms with Crippen LogP contribution >= 0.6 is 0 Å². The second-order valence-electron chi connectivity index (χ2n) is 3.65. The molecule has 0 bridgehead atoms. The fourth-order valence-electron chi connectivity index (χ4n) is 1.45. The number of nitrogens with zero attached hydrogens (tertiary/aromatic N) is 1. The molecule has 0 radical (unpaired) electrons. The van der Waals surface area contributed by atoms with Gasteiger partial charge in [-0.05, 0) is 12.1 Å². The van der Waals surface area contributed by atoms with Crippen LogP contribution in [-0.2, 0) is 0 Å². The van der Waals surface area contributed by atoms with Crippen LogP contribution in [0.1, 0.15) is 0 Å². The molecule has 0 spiro atoms. The van der Waals surface area contributed by atoms with Gasteiger partial charge in [0.1, 0.15) is 11.6 Å². The van der Waals surface area contributed by atoms with Crippen LogP contribution in [0.15, 0.2) is 24.3 Å². The van der Waals surface area contributed by atoms with Crippen molar-refractivity contribution in [3.8, 4) is 0 Å². The Kier molecular flexibility index (Phi) is 3.55. The molecule has 0 amide bonds. The zero-order valence-corrected chi connectivity index (χ0v) is 9.77. The van der Waals surface area contributed by atoms with Gasteiger partial charge in [0.25, 0.3) is 0 Å². The van der Waals surface area contributed by atoms with Crippen LogP contribution in [0.4, 0.5) is 34.9 Å². The Morgan fingerprint density at radius 1 is 0.895 bits per heavy atom. The zero-order valence-electron chi connectivity index (χ0n) is 9.77. The minimum absolute atomic E-state index is 0.165. The van der Waals surface area contributed by atoms with E-state index < -0.39 is 23.3 Å². The lowest BCUT2D eigenvalue weighted by Crippen LogP contribution is -2.04. The van der Waals surface area contributed by atoms with Gasteiger partial charge in [-0.15, -0.1) is 0 Å². The lowest BCUT2D eigenvalue weighted by atomic mass is 10.3. The Bertz CT molecular complexity index is 616. The van der Waals surface area contributed by atoms with Gasteiger partial charge in [0.2, 0.25) is 0 Å². The van der Waals surface area contributed by atoms with Gasteiger partial charge in [-0.1, -0.05) is 0 Å². The highest BCUT2D eigenvalue weighted by Crippen LogP contribution is 2.24. The highest BCUT2D eigenvalue weighted by molar-refractivity contribution is 5.59. The van der Waals surface area contributed by atoms with E-state index in [0.29, 0.717) is 12.1 Å². The van der Waals surface area contributed by atoms with E-state index >= 15 is 0 Å². The molecule has 1 heterocycles. The second-order valence-corrected chi connectivity index (χ2v) is 3.65. The minimum Gasteiger partial charge on any atom is -0.371 e. The summed E-state index contributed by atoms with van der Waals surface area (Å²) in [6.07, 6.45) is 0. The molecule has 0 unspecified atom stereocenters. The highest BCUT2D eigenvalue weighted by atomic mass is 19.1. The Morgan fingerprint density at radius 2 is 1.58 bits per heavy atom. The molecular formula is C12H9F4N3. The van der Waals surface area contributed by atoms with Crippen LogP contribution in [0.5, 0.6) is 0 Å². The Morgan fingerprint density at radius 3 is 2.21 bits per heavy atom. The predicted molar refractivity (Wildman–Crippen MR) is 63.3 cm³/mol. The molecule has 0 aliphatic rings. The molecule has 0 fully saturated rings. The van der Waals surface area contributed by atoms with E-state index in [9.17, 15) is 17.6 Å². The van der Waals surface area contributed by atoms with Gasteiger partial charge < -0.3 is 10.6 Å². The maximum atomic E-state index is 13.5. The Balaban J connectivity index is 2.37. The number of rotatable bonds is 3. The van der Waals surface area contributed by atoms with Crippen LogP contribution in [-0.4, -0.2) is 12.0 Å². The number of pyridine rings is 1. The van der Waals surface area contributed by atoms with E-state index in [-0.39, 0.29) is 17.3 Å². The van der Waals surface area contributed by atoms with Crippen LogP contribution in [0.3, 0.4) is 0 Å². The molecule has 0 saturated heterocycles. The standard InChI is InChI=1S/C12H9F4N3/c1-17-11-8(15)5-9(16)12(19-11)18-10-3-2-6(13)4-7(10)14/h2-5H,1H3,(H2,17,18,19). The molecule has 0 aliphatic heterocycles. The SMILES string of the molecule is CNc1nc(Nc2ccc(F)cc2F)c(F)cc1F. The molecule has 3 nitrogen and oxygen atoms in total. The fourth-order valence-corrected chi connectivity index (χ4v) is 1.45. The maximum absolute atomic E-state index is 13.5. The van der Waals surface area contributed by atoms with E-state index in [0.717, 1.165) is 12.1 Å². The van der Waals surface area contributed by atoms with Crippen LogP contribution in [0.2, 0.25) is 0 Å². The van der Waals surface area contributed by atoms with Gasteiger partial charge in [0.05, 0.1) is 5.69 Å². The quantitative estimate of drug-likeness (QED) is 0.840. The number of benzene rings is 1. The first-order chi connectivity index (χ1) is 9.01. The van der Waals surface area contributed by atoms with Gasteiger partial charge in [0.15, 0.2) is 23.3 Å². The van der Waals surface area contributed by atoms with Crippen molar-refractivity contribution in [3.63, 3.8) is 0 Å². The fraction of sp³-hybridized carbons (Fsp3) is 0.0833. The summed E-state index contributed by atoms with van der Waals surface area (Å²) < 4.78 is 52.8. The normalized spacial score (nSPS) is 10.4. The van der Waals surface area contributed by atoms with Crippen LogP contribution < -0.4 is 10.6 Å². The van der Waals surface area contributed by atoms with E-state index in [1.165, 1.54) is 7.05 Å². The monoisotopic (exact) mass is 271 g/mol. The minimum atomic E-state index is -0.986. The molecule has 2 rings (SSSR count). The number of hydrogen-bond acceptors (Lipinski definition) is 3. The van der Waals surface area contributed by atoms with Gasteiger partial charge in [-0.2, -0.15) is 0 Å². The first-order valence-electron chi connectivity index (χ1n) is 5.27. The van der Waals surface area contributed by atoms with E-state index in [1.807, 2.05) is 0 Å². The maximum Gasteiger partial charge on any atom is 0.169 e. The number of aromatic nitrogens is 1. The molecule has 1 aromatic carbocycles. The largest absolute Gasteiger partial charge is 0.371 e. The number of hydrogen-bond donors (Lipinski definition) is 2.